The van der Waals surface area contributed by atoms with Gasteiger partial charge in [-0.05, 0) is 29.8 Å². The number of nitrogens with one attached hydrogen (secondary N) is 2. The summed E-state index contributed by atoms with van der Waals surface area (Å²) in [6.07, 6.45) is 3.59. The molecule has 0 saturated heterocycles. The molecule has 2 N–H and O–H groups in total. The topological polar surface area (TPSA) is 92.7 Å². The maximum atomic E-state index is 12.0. The zero-order chi connectivity index (χ0) is 15.4. The number of aromatic nitrogens is 4. The second-order valence-electron chi connectivity index (χ2n) is 4.66. The summed E-state index contributed by atoms with van der Waals surface area (Å²) in [4.78, 5) is 23.0. The zero-order valence-corrected chi connectivity index (χ0v) is 11.6. The fourth-order valence-electron chi connectivity index (χ4n) is 1.99. The first-order valence-corrected chi connectivity index (χ1v) is 6.64. The van der Waals surface area contributed by atoms with Crippen molar-refractivity contribution in [2.45, 2.75) is 6.54 Å². The molecule has 2 heterocycles. The Morgan fingerprint density at radius 1 is 1.23 bits per heavy atom. The Bertz CT molecular complexity index is 819. The van der Waals surface area contributed by atoms with Gasteiger partial charge in [-0.2, -0.15) is 10.2 Å². The number of benzene rings is 1. The van der Waals surface area contributed by atoms with Crippen LogP contribution in [0, 0.1) is 0 Å². The summed E-state index contributed by atoms with van der Waals surface area (Å²) in [5, 5.41) is 12.8. The molecular formula is C15H13N5O2. The fraction of sp³-hybridized carbons (Fsp3) is 0.0667. The lowest BCUT2D eigenvalue weighted by molar-refractivity contribution is 0.102. The minimum absolute atomic E-state index is 0.150. The normalized spacial score (nSPS) is 10.4. The van der Waals surface area contributed by atoms with Gasteiger partial charge in [0.25, 0.3) is 11.5 Å². The van der Waals surface area contributed by atoms with Crippen LogP contribution in [0.3, 0.4) is 0 Å². The molecule has 110 valence electrons. The molecular weight excluding hydrogens is 282 g/mol. The Morgan fingerprint density at radius 3 is 2.86 bits per heavy atom. The van der Waals surface area contributed by atoms with Crippen LogP contribution in [0.4, 0.5) is 5.69 Å². The third-order valence-electron chi connectivity index (χ3n) is 3.00. The molecule has 0 aliphatic carbocycles. The van der Waals surface area contributed by atoms with Crippen LogP contribution in [0.1, 0.15) is 16.1 Å². The smallest absolute Gasteiger partial charge is 0.276 e. The van der Waals surface area contributed by atoms with Crippen molar-refractivity contribution >= 4 is 11.6 Å². The Kier molecular flexibility index (Phi) is 3.78. The van der Waals surface area contributed by atoms with E-state index < -0.39 is 0 Å². The van der Waals surface area contributed by atoms with E-state index in [1.165, 1.54) is 12.1 Å². The molecule has 7 heteroatoms. The average Bonchev–Trinajstić information content (AvgIpc) is 3.01. The van der Waals surface area contributed by atoms with Crippen LogP contribution < -0.4 is 10.9 Å². The summed E-state index contributed by atoms with van der Waals surface area (Å²) in [5.74, 6) is -0.382. The number of H-pyrrole nitrogens is 1. The molecule has 0 bridgehead atoms. The van der Waals surface area contributed by atoms with Crippen molar-refractivity contribution in [1.29, 1.82) is 0 Å². The van der Waals surface area contributed by atoms with Gasteiger partial charge < -0.3 is 5.32 Å². The quantitative estimate of drug-likeness (QED) is 0.758. The predicted molar refractivity (Wildman–Crippen MR) is 80.6 cm³/mol. The molecule has 0 atom stereocenters. The van der Waals surface area contributed by atoms with E-state index in [9.17, 15) is 9.59 Å². The van der Waals surface area contributed by atoms with Crippen molar-refractivity contribution in [3.05, 3.63) is 76.5 Å². The molecule has 0 unspecified atom stereocenters. The fourth-order valence-corrected chi connectivity index (χ4v) is 1.99. The van der Waals surface area contributed by atoms with Gasteiger partial charge in [0.1, 0.15) is 5.69 Å². The number of anilines is 1. The van der Waals surface area contributed by atoms with E-state index in [4.69, 9.17) is 0 Å². The summed E-state index contributed by atoms with van der Waals surface area (Å²) in [6.45, 7) is 0.619. The second-order valence-corrected chi connectivity index (χ2v) is 4.66. The Morgan fingerprint density at radius 2 is 2.14 bits per heavy atom. The zero-order valence-electron chi connectivity index (χ0n) is 11.6. The van der Waals surface area contributed by atoms with E-state index in [1.54, 1.807) is 16.9 Å². The summed E-state index contributed by atoms with van der Waals surface area (Å²) in [7, 11) is 0. The third kappa shape index (κ3) is 3.26. The van der Waals surface area contributed by atoms with E-state index in [1.807, 2.05) is 30.5 Å². The van der Waals surface area contributed by atoms with Crippen molar-refractivity contribution in [2.24, 2.45) is 0 Å². The van der Waals surface area contributed by atoms with Gasteiger partial charge in [0.05, 0.1) is 6.54 Å². The average molecular weight is 295 g/mol. The molecule has 3 aromatic rings. The molecule has 2 aromatic heterocycles. The van der Waals surface area contributed by atoms with Crippen molar-refractivity contribution in [1.82, 2.24) is 20.0 Å². The van der Waals surface area contributed by atoms with E-state index in [0.717, 1.165) is 5.56 Å². The highest BCUT2D eigenvalue weighted by Gasteiger charge is 2.08. The second kappa shape index (κ2) is 6.04. The van der Waals surface area contributed by atoms with E-state index in [-0.39, 0.29) is 17.2 Å². The molecule has 0 aliphatic heterocycles. The first-order valence-electron chi connectivity index (χ1n) is 6.64. The minimum Gasteiger partial charge on any atom is -0.321 e. The van der Waals surface area contributed by atoms with Crippen LogP contribution in [0.25, 0.3) is 0 Å². The molecule has 0 radical (unpaired) electrons. The molecule has 1 amide bonds. The molecule has 0 saturated carbocycles. The summed E-state index contributed by atoms with van der Waals surface area (Å²) in [5.41, 5.74) is 1.47. The highest BCUT2D eigenvalue weighted by Crippen LogP contribution is 2.12. The SMILES string of the molecule is O=C(Nc1cccc(Cn2cccn2)c1)c1ccc(=O)[nH]n1. The van der Waals surface area contributed by atoms with E-state index in [2.05, 4.69) is 20.6 Å². The maximum absolute atomic E-state index is 12.0. The molecule has 0 aliphatic rings. The minimum atomic E-state index is -0.382. The number of nitrogens with zero attached hydrogens (tertiary/aromatic N) is 3. The molecule has 1 aromatic carbocycles. The molecule has 7 nitrogen and oxygen atoms in total. The van der Waals surface area contributed by atoms with Gasteiger partial charge in [-0.25, -0.2) is 5.10 Å². The van der Waals surface area contributed by atoms with Crippen LogP contribution in [0.15, 0.2) is 59.7 Å². The standard InChI is InChI=1S/C15H13N5O2/c21-14-6-5-13(18-19-14)15(22)17-12-4-1-3-11(9-12)10-20-8-2-7-16-20/h1-9H,10H2,(H,17,22)(H,19,21). The summed E-state index contributed by atoms with van der Waals surface area (Å²) >= 11 is 0. The van der Waals surface area contributed by atoms with Gasteiger partial charge in [-0.1, -0.05) is 12.1 Å². The first-order chi connectivity index (χ1) is 10.7. The molecule has 0 spiro atoms. The lowest BCUT2D eigenvalue weighted by Gasteiger charge is -2.07. The Balaban J connectivity index is 1.73. The summed E-state index contributed by atoms with van der Waals surface area (Å²) < 4.78 is 1.80. The number of hydrogen-bond acceptors (Lipinski definition) is 4. The van der Waals surface area contributed by atoms with Crippen molar-refractivity contribution in [2.75, 3.05) is 5.32 Å². The Labute approximate surface area is 125 Å². The van der Waals surface area contributed by atoms with Crippen LogP contribution in [-0.2, 0) is 6.54 Å². The lowest BCUT2D eigenvalue weighted by Crippen LogP contribution is -2.17. The highest BCUT2D eigenvalue weighted by molar-refractivity contribution is 6.02. The third-order valence-corrected chi connectivity index (χ3v) is 3.00. The molecule has 3 rings (SSSR count). The van der Waals surface area contributed by atoms with Crippen LogP contribution in [-0.4, -0.2) is 25.9 Å². The van der Waals surface area contributed by atoms with Crippen LogP contribution in [0.5, 0.6) is 0 Å². The van der Waals surface area contributed by atoms with Gasteiger partial charge >= 0.3 is 0 Å². The van der Waals surface area contributed by atoms with Crippen LogP contribution in [0.2, 0.25) is 0 Å². The molecule has 0 fully saturated rings. The number of aromatic amines is 1. The first kappa shape index (κ1) is 13.7. The Hall–Kier alpha value is -3.22. The van der Waals surface area contributed by atoms with Crippen molar-refractivity contribution < 1.29 is 4.79 Å². The number of rotatable bonds is 4. The van der Waals surface area contributed by atoms with Gasteiger partial charge in [-0.15, -0.1) is 0 Å². The highest BCUT2D eigenvalue weighted by atomic mass is 16.2. The van der Waals surface area contributed by atoms with Crippen LogP contribution >= 0.6 is 0 Å². The molecule has 22 heavy (non-hydrogen) atoms. The lowest BCUT2D eigenvalue weighted by atomic mass is 10.2. The summed E-state index contributed by atoms with van der Waals surface area (Å²) in [6, 6.07) is 12.0. The van der Waals surface area contributed by atoms with Crippen molar-refractivity contribution in [3.63, 3.8) is 0 Å². The monoisotopic (exact) mass is 295 g/mol. The number of amides is 1. The van der Waals surface area contributed by atoms with Gasteiger partial charge in [0.15, 0.2) is 0 Å². The number of hydrogen-bond donors (Lipinski definition) is 2. The number of carbonyl (C=O) groups is 1. The van der Waals surface area contributed by atoms with Gasteiger partial charge in [0.2, 0.25) is 0 Å². The predicted octanol–water partition coefficient (Wildman–Crippen LogP) is 1.27. The maximum Gasteiger partial charge on any atom is 0.276 e. The van der Waals surface area contributed by atoms with Gasteiger partial charge in [-0.3, -0.25) is 14.3 Å². The largest absolute Gasteiger partial charge is 0.321 e. The number of carbonyl (C=O) groups excluding carboxylic acids is 1. The van der Waals surface area contributed by atoms with Crippen molar-refractivity contribution in [3.8, 4) is 0 Å². The van der Waals surface area contributed by atoms with Gasteiger partial charge in [0, 0.05) is 24.1 Å². The van der Waals surface area contributed by atoms with E-state index >= 15 is 0 Å². The van der Waals surface area contributed by atoms with E-state index in [0.29, 0.717) is 12.2 Å².